The SMILES string of the molecule is CCCN(C(=O)N=C(N)N)c1ccc(CC)cc1F. The van der Waals surface area contributed by atoms with E-state index in [4.69, 9.17) is 11.5 Å². The van der Waals surface area contributed by atoms with Crippen LogP contribution >= 0.6 is 0 Å². The summed E-state index contributed by atoms with van der Waals surface area (Å²) in [6.45, 7) is 4.16. The molecule has 1 aromatic rings. The van der Waals surface area contributed by atoms with Crippen LogP contribution in [0.1, 0.15) is 25.8 Å². The van der Waals surface area contributed by atoms with Gasteiger partial charge >= 0.3 is 6.03 Å². The Balaban J connectivity index is 3.12. The van der Waals surface area contributed by atoms with E-state index < -0.39 is 11.8 Å². The Labute approximate surface area is 112 Å². The summed E-state index contributed by atoms with van der Waals surface area (Å²) in [5.74, 6) is -0.788. The van der Waals surface area contributed by atoms with E-state index in [1.165, 1.54) is 11.0 Å². The van der Waals surface area contributed by atoms with Crippen molar-refractivity contribution >= 4 is 17.7 Å². The van der Waals surface area contributed by atoms with Crippen LogP contribution in [0.5, 0.6) is 0 Å². The van der Waals surface area contributed by atoms with E-state index in [0.717, 1.165) is 12.0 Å². The first-order valence-corrected chi connectivity index (χ1v) is 6.19. The predicted octanol–water partition coefficient (Wildman–Crippen LogP) is 2.00. The highest BCUT2D eigenvalue weighted by Gasteiger charge is 2.18. The van der Waals surface area contributed by atoms with Gasteiger partial charge in [0.2, 0.25) is 0 Å². The van der Waals surface area contributed by atoms with Crippen LogP contribution in [-0.2, 0) is 6.42 Å². The summed E-state index contributed by atoms with van der Waals surface area (Å²) in [7, 11) is 0. The average molecular weight is 266 g/mol. The number of halogens is 1. The highest BCUT2D eigenvalue weighted by Crippen LogP contribution is 2.22. The predicted molar refractivity (Wildman–Crippen MR) is 74.6 cm³/mol. The van der Waals surface area contributed by atoms with Gasteiger partial charge in [-0.3, -0.25) is 4.90 Å². The van der Waals surface area contributed by atoms with E-state index in [-0.39, 0.29) is 11.6 Å². The van der Waals surface area contributed by atoms with Crippen LogP contribution in [0.15, 0.2) is 23.2 Å². The largest absolute Gasteiger partial charge is 0.370 e. The van der Waals surface area contributed by atoms with E-state index in [2.05, 4.69) is 4.99 Å². The molecule has 0 atom stereocenters. The molecule has 0 aliphatic carbocycles. The van der Waals surface area contributed by atoms with E-state index in [9.17, 15) is 9.18 Å². The number of hydrogen-bond donors (Lipinski definition) is 2. The Hall–Kier alpha value is -2.11. The molecule has 0 saturated carbocycles. The first-order valence-electron chi connectivity index (χ1n) is 6.19. The fourth-order valence-corrected chi connectivity index (χ4v) is 1.70. The van der Waals surface area contributed by atoms with Gasteiger partial charge in [0.15, 0.2) is 5.96 Å². The van der Waals surface area contributed by atoms with Gasteiger partial charge in [-0.05, 0) is 30.5 Å². The highest BCUT2D eigenvalue weighted by molar-refractivity contribution is 5.99. The smallest absolute Gasteiger partial charge is 0.351 e. The number of guanidine groups is 1. The number of amides is 2. The average Bonchev–Trinajstić information content (AvgIpc) is 2.35. The number of urea groups is 1. The number of carbonyl (C=O) groups is 1. The van der Waals surface area contributed by atoms with Crippen molar-refractivity contribution in [2.45, 2.75) is 26.7 Å². The van der Waals surface area contributed by atoms with Crippen molar-refractivity contribution in [1.82, 2.24) is 0 Å². The summed E-state index contributed by atoms with van der Waals surface area (Å²) in [5.41, 5.74) is 11.4. The standard InChI is InChI=1S/C13H19FN4O/c1-3-7-18(13(19)17-12(15)16)11-6-5-9(4-2)8-10(11)14/h5-6,8H,3-4,7H2,1-2H3,(H4,15,16,17,19). The van der Waals surface area contributed by atoms with Gasteiger partial charge in [0.05, 0.1) is 5.69 Å². The van der Waals surface area contributed by atoms with Crippen molar-refractivity contribution in [2.24, 2.45) is 16.5 Å². The Morgan fingerprint density at radius 2 is 2.05 bits per heavy atom. The number of nitrogens with two attached hydrogens (primary N) is 2. The molecule has 0 bridgehead atoms. The first kappa shape index (κ1) is 14.9. The van der Waals surface area contributed by atoms with Crippen molar-refractivity contribution in [3.05, 3.63) is 29.6 Å². The second kappa shape index (κ2) is 6.72. The Bertz CT molecular complexity index is 484. The van der Waals surface area contributed by atoms with Crippen LogP contribution < -0.4 is 16.4 Å². The van der Waals surface area contributed by atoms with Crippen molar-refractivity contribution in [1.29, 1.82) is 0 Å². The van der Waals surface area contributed by atoms with E-state index >= 15 is 0 Å². The molecule has 0 aliphatic rings. The lowest BCUT2D eigenvalue weighted by Crippen LogP contribution is -2.33. The van der Waals surface area contributed by atoms with Gasteiger partial charge < -0.3 is 11.5 Å². The molecular weight excluding hydrogens is 247 g/mol. The fourth-order valence-electron chi connectivity index (χ4n) is 1.70. The molecule has 0 aromatic heterocycles. The Morgan fingerprint density at radius 3 is 2.53 bits per heavy atom. The molecule has 0 heterocycles. The zero-order valence-corrected chi connectivity index (χ0v) is 11.2. The Kier molecular flexibility index (Phi) is 5.29. The minimum atomic E-state index is -0.662. The van der Waals surface area contributed by atoms with Crippen molar-refractivity contribution in [3.63, 3.8) is 0 Å². The molecule has 5 nitrogen and oxygen atoms in total. The van der Waals surface area contributed by atoms with Crippen LogP contribution in [0, 0.1) is 5.82 Å². The van der Waals surface area contributed by atoms with E-state index in [1.54, 1.807) is 12.1 Å². The van der Waals surface area contributed by atoms with E-state index in [0.29, 0.717) is 13.0 Å². The third-order valence-corrected chi connectivity index (χ3v) is 2.61. The van der Waals surface area contributed by atoms with Crippen molar-refractivity contribution in [2.75, 3.05) is 11.4 Å². The topological polar surface area (TPSA) is 84.7 Å². The lowest BCUT2D eigenvalue weighted by molar-refractivity contribution is 0.254. The summed E-state index contributed by atoms with van der Waals surface area (Å²) >= 11 is 0. The molecule has 0 radical (unpaired) electrons. The number of rotatable bonds is 4. The lowest BCUT2D eigenvalue weighted by Gasteiger charge is -2.20. The summed E-state index contributed by atoms with van der Waals surface area (Å²) in [5, 5.41) is 0. The minimum absolute atomic E-state index is 0.189. The third kappa shape index (κ3) is 3.94. The zero-order valence-electron chi connectivity index (χ0n) is 11.2. The molecule has 0 fully saturated rings. The first-order chi connectivity index (χ1) is 8.99. The number of carbonyl (C=O) groups excluding carboxylic acids is 1. The van der Waals surface area contributed by atoms with Crippen molar-refractivity contribution in [3.8, 4) is 0 Å². The molecule has 0 aliphatic heterocycles. The molecule has 0 saturated heterocycles. The second-order valence-corrected chi connectivity index (χ2v) is 4.11. The van der Waals surface area contributed by atoms with Gasteiger partial charge in [0.25, 0.3) is 0 Å². The molecule has 0 unspecified atom stereocenters. The molecule has 6 heteroatoms. The summed E-state index contributed by atoms with van der Waals surface area (Å²) in [6, 6.07) is 4.11. The molecule has 2 amide bonds. The van der Waals surface area contributed by atoms with Crippen LogP contribution in [0.25, 0.3) is 0 Å². The minimum Gasteiger partial charge on any atom is -0.370 e. The van der Waals surface area contributed by atoms with Gasteiger partial charge in [-0.1, -0.05) is 19.9 Å². The van der Waals surface area contributed by atoms with Gasteiger partial charge in [-0.2, -0.15) is 4.99 Å². The normalized spacial score (nSPS) is 10.1. The van der Waals surface area contributed by atoms with Gasteiger partial charge in [-0.25, -0.2) is 9.18 Å². The molecule has 1 rings (SSSR count). The number of benzene rings is 1. The van der Waals surface area contributed by atoms with Crippen LogP contribution in [0.4, 0.5) is 14.9 Å². The van der Waals surface area contributed by atoms with Crippen molar-refractivity contribution < 1.29 is 9.18 Å². The third-order valence-electron chi connectivity index (χ3n) is 2.61. The Morgan fingerprint density at radius 1 is 1.37 bits per heavy atom. The summed E-state index contributed by atoms with van der Waals surface area (Å²) < 4.78 is 14.0. The molecule has 104 valence electrons. The quantitative estimate of drug-likeness (QED) is 0.645. The monoisotopic (exact) mass is 266 g/mol. The molecular formula is C13H19FN4O. The van der Waals surface area contributed by atoms with E-state index in [1.807, 2.05) is 13.8 Å². The zero-order chi connectivity index (χ0) is 14.4. The lowest BCUT2D eigenvalue weighted by atomic mass is 10.1. The number of hydrogen-bond acceptors (Lipinski definition) is 1. The molecule has 0 spiro atoms. The fraction of sp³-hybridized carbons (Fsp3) is 0.385. The maximum absolute atomic E-state index is 14.0. The number of anilines is 1. The summed E-state index contributed by atoms with van der Waals surface area (Å²) in [6.07, 6.45) is 1.40. The maximum Gasteiger partial charge on any atom is 0.351 e. The number of aryl methyl sites for hydroxylation is 1. The second-order valence-electron chi connectivity index (χ2n) is 4.11. The number of nitrogens with zero attached hydrogens (tertiary/aromatic N) is 2. The molecule has 4 N–H and O–H groups in total. The molecule has 1 aromatic carbocycles. The van der Waals surface area contributed by atoms with Gasteiger partial charge in [0.1, 0.15) is 5.82 Å². The molecule has 19 heavy (non-hydrogen) atoms. The summed E-state index contributed by atoms with van der Waals surface area (Å²) in [4.78, 5) is 16.5. The van der Waals surface area contributed by atoms with Gasteiger partial charge in [0, 0.05) is 6.54 Å². The highest BCUT2D eigenvalue weighted by atomic mass is 19.1. The van der Waals surface area contributed by atoms with Crippen LogP contribution in [0.3, 0.4) is 0 Å². The van der Waals surface area contributed by atoms with Gasteiger partial charge in [-0.15, -0.1) is 0 Å². The maximum atomic E-state index is 14.0. The van der Waals surface area contributed by atoms with Crippen LogP contribution in [-0.4, -0.2) is 18.5 Å². The number of aliphatic imine (C=N–C) groups is 1. The van der Waals surface area contributed by atoms with Crippen LogP contribution in [0.2, 0.25) is 0 Å².